The Morgan fingerprint density at radius 1 is 1.05 bits per heavy atom. The quantitative estimate of drug-likeness (QED) is 0.296. The lowest BCUT2D eigenvalue weighted by atomic mass is 9.72. The predicted molar refractivity (Wildman–Crippen MR) is 144 cm³/mol. The molecule has 5 rings (SSSR count). The summed E-state index contributed by atoms with van der Waals surface area (Å²) in [4.78, 5) is 26.7. The van der Waals surface area contributed by atoms with Gasteiger partial charge in [0.05, 0.1) is 28.2 Å². The second kappa shape index (κ2) is 9.68. The number of hydrogen-bond donors (Lipinski definition) is 1. The second-order valence-electron chi connectivity index (χ2n) is 9.26. The Kier molecular flexibility index (Phi) is 6.40. The Morgan fingerprint density at radius 2 is 1.76 bits per heavy atom. The summed E-state index contributed by atoms with van der Waals surface area (Å²) in [5.41, 5.74) is 11.1. The third-order valence-corrected chi connectivity index (χ3v) is 7.61. The maximum Gasteiger partial charge on any atom is 0.271 e. The number of nitrogens with two attached hydrogens (primary N) is 1. The summed E-state index contributed by atoms with van der Waals surface area (Å²) < 4.78 is 0.879. The van der Waals surface area contributed by atoms with Crippen molar-refractivity contribution in [3.8, 4) is 6.07 Å². The van der Waals surface area contributed by atoms with Gasteiger partial charge in [-0.3, -0.25) is 19.8 Å². The van der Waals surface area contributed by atoms with E-state index in [1.807, 2.05) is 61.5 Å². The number of nitriles is 1. The SMILES string of the molecule is Cc1ccc([N+](=O)[O-])cc1N1C(N)=C(C#N)[C@@H](c2ccc(Br)cc2)C2=C1C[C@@H](c1ccccc1)CC2=O. The van der Waals surface area contributed by atoms with Gasteiger partial charge in [0.1, 0.15) is 5.82 Å². The number of aryl methyl sites for hydroxylation is 1. The number of carbonyl (C=O) groups is 1. The van der Waals surface area contributed by atoms with Gasteiger partial charge < -0.3 is 5.73 Å². The van der Waals surface area contributed by atoms with Gasteiger partial charge in [-0.25, -0.2) is 0 Å². The van der Waals surface area contributed by atoms with Crippen LogP contribution in [0, 0.1) is 28.4 Å². The average Bonchev–Trinajstić information content (AvgIpc) is 2.89. The number of allylic oxidation sites excluding steroid dienone is 3. The molecule has 184 valence electrons. The van der Waals surface area contributed by atoms with Crippen molar-refractivity contribution < 1.29 is 9.72 Å². The highest BCUT2D eigenvalue weighted by atomic mass is 79.9. The molecule has 0 aromatic heterocycles. The number of rotatable bonds is 4. The first-order chi connectivity index (χ1) is 17.8. The highest BCUT2D eigenvalue weighted by Gasteiger charge is 2.43. The van der Waals surface area contributed by atoms with Crippen LogP contribution in [0.1, 0.15) is 41.4 Å². The average molecular weight is 555 g/mol. The summed E-state index contributed by atoms with van der Waals surface area (Å²) in [7, 11) is 0. The molecule has 3 aromatic carbocycles. The van der Waals surface area contributed by atoms with Gasteiger partial charge >= 0.3 is 0 Å². The van der Waals surface area contributed by atoms with Crippen molar-refractivity contribution >= 4 is 33.1 Å². The molecule has 2 atom stereocenters. The van der Waals surface area contributed by atoms with Crippen LogP contribution >= 0.6 is 15.9 Å². The lowest BCUT2D eigenvalue weighted by Gasteiger charge is -2.42. The van der Waals surface area contributed by atoms with Crippen LogP contribution in [0.2, 0.25) is 0 Å². The smallest absolute Gasteiger partial charge is 0.271 e. The molecule has 0 saturated carbocycles. The molecule has 0 amide bonds. The summed E-state index contributed by atoms with van der Waals surface area (Å²) in [5.74, 6) is -0.584. The van der Waals surface area contributed by atoms with Gasteiger partial charge in [0.15, 0.2) is 5.78 Å². The number of non-ortho nitro benzene ring substituents is 1. The number of nitro groups is 1. The number of anilines is 1. The molecule has 7 nitrogen and oxygen atoms in total. The van der Waals surface area contributed by atoms with Crippen LogP contribution in [0.5, 0.6) is 0 Å². The van der Waals surface area contributed by atoms with Gasteiger partial charge in [-0.1, -0.05) is 64.5 Å². The van der Waals surface area contributed by atoms with Crippen LogP contribution in [0.15, 0.2) is 99.9 Å². The fourth-order valence-corrected chi connectivity index (χ4v) is 5.57. The lowest BCUT2D eigenvalue weighted by Crippen LogP contribution is -2.40. The molecule has 0 radical (unpaired) electrons. The predicted octanol–water partition coefficient (Wildman–Crippen LogP) is 6.36. The molecule has 1 heterocycles. The van der Waals surface area contributed by atoms with E-state index in [2.05, 4.69) is 22.0 Å². The molecule has 2 N–H and O–H groups in total. The van der Waals surface area contributed by atoms with Crippen molar-refractivity contribution in [1.29, 1.82) is 5.26 Å². The third-order valence-electron chi connectivity index (χ3n) is 7.09. The molecule has 1 aliphatic heterocycles. The van der Waals surface area contributed by atoms with Crippen LogP contribution < -0.4 is 10.6 Å². The number of benzene rings is 3. The largest absolute Gasteiger partial charge is 0.384 e. The van der Waals surface area contributed by atoms with E-state index in [9.17, 15) is 20.2 Å². The number of nitro benzene ring substituents is 1. The van der Waals surface area contributed by atoms with Gasteiger partial charge in [0.25, 0.3) is 5.69 Å². The fraction of sp³-hybridized carbons (Fsp3) is 0.172. The van der Waals surface area contributed by atoms with E-state index in [0.717, 1.165) is 21.2 Å². The van der Waals surface area contributed by atoms with Crippen LogP contribution in [0.3, 0.4) is 0 Å². The summed E-state index contributed by atoms with van der Waals surface area (Å²) in [6.07, 6.45) is 0.801. The Bertz CT molecular complexity index is 1520. The number of carbonyl (C=O) groups excluding carboxylic acids is 1. The van der Waals surface area contributed by atoms with Gasteiger partial charge in [0.2, 0.25) is 0 Å². The lowest BCUT2D eigenvalue weighted by molar-refractivity contribution is -0.384. The van der Waals surface area contributed by atoms with E-state index in [0.29, 0.717) is 29.8 Å². The second-order valence-corrected chi connectivity index (χ2v) is 10.2. The molecule has 0 saturated heterocycles. The number of ketones is 1. The summed E-state index contributed by atoms with van der Waals surface area (Å²) in [5, 5.41) is 21.9. The first kappa shape index (κ1) is 24.5. The zero-order chi connectivity index (χ0) is 26.3. The Morgan fingerprint density at radius 3 is 2.41 bits per heavy atom. The van der Waals surface area contributed by atoms with Crippen molar-refractivity contribution in [3.63, 3.8) is 0 Å². The van der Waals surface area contributed by atoms with E-state index in [1.54, 1.807) is 11.0 Å². The monoisotopic (exact) mass is 554 g/mol. The summed E-state index contributed by atoms with van der Waals surface area (Å²) in [6, 6.07) is 24.1. The topological polar surface area (TPSA) is 113 Å². The summed E-state index contributed by atoms with van der Waals surface area (Å²) >= 11 is 3.45. The Labute approximate surface area is 222 Å². The van der Waals surface area contributed by atoms with Crippen molar-refractivity contribution in [2.75, 3.05) is 4.90 Å². The maximum atomic E-state index is 13.9. The molecule has 37 heavy (non-hydrogen) atoms. The van der Waals surface area contributed by atoms with E-state index < -0.39 is 10.8 Å². The first-order valence-corrected chi connectivity index (χ1v) is 12.6. The molecule has 8 heteroatoms. The van der Waals surface area contributed by atoms with Gasteiger partial charge in [-0.2, -0.15) is 5.26 Å². The van der Waals surface area contributed by atoms with Gasteiger partial charge in [-0.05, 0) is 48.1 Å². The maximum absolute atomic E-state index is 13.9. The van der Waals surface area contributed by atoms with E-state index in [-0.39, 0.29) is 28.8 Å². The highest BCUT2D eigenvalue weighted by Crippen LogP contribution is 2.50. The van der Waals surface area contributed by atoms with Crippen molar-refractivity contribution in [3.05, 3.63) is 127 Å². The normalized spacial score (nSPS) is 19.5. The standard InChI is InChI=1S/C29H23BrN4O3/c1-17-7-12-22(34(36)37)15-24(17)33-25-13-20(18-5-3-2-4-6-18)14-26(35)28(25)27(23(16-31)29(33)32)19-8-10-21(30)11-9-19/h2-12,15,20,27H,13-14,32H2,1H3/t20-,27-/m1/s1. The molecule has 2 aliphatic rings. The van der Waals surface area contributed by atoms with E-state index in [4.69, 9.17) is 5.73 Å². The van der Waals surface area contributed by atoms with Crippen LogP contribution in [-0.2, 0) is 4.79 Å². The van der Waals surface area contributed by atoms with E-state index in [1.165, 1.54) is 12.1 Å². The molecule has 0 fully saturated rings. The number of hydrogen-bond acceptors (Lipinski definition) is 6. The van der Waals surface area contributed by atoms with Crippen LogP contribution in [-0.4, -0.2) is 10.7 Å². The molecule has 0 bridgehead atoms. The zero-order valence-electron chi connectivity index (χ0n) is 20.0. The Hall–Kier alpha value is -4.22. The minimum absolute atomic E-state index is 0.0589. The van der Waals surface area contributed by atoms with Gasteiger partial charge in [-0.15, -0.1) is 0 Å². The minimum atomic E-state index is -0.618. The van der Waals surface area contributed by atoms with Crippen LogP contribution in [0.25, 0.3) is 0 Å². The van der Waals surface area contributed by atoms with Crippen LogP contribution in [0.4, 0.5) is 11.4 Å². The molecule has 0 spiro atoms. The molecular formula is C29H23BrN4O3. The molecule has 1 aliphatic carbocycles. The number of Topliss-reactive ketones (excluding diaryl/α,β-unsaturated/α-hetero) is 1. The molecular weight excluding hydrogens is 532 g/mol. The Balaban J connectivity index is 1.76. The molecule has 3 aromatic rings. The fourth-order valence-electron chi connectivity index (χ4n) is 5.31. The highest BCUT2D eigenvalue weighted by molar-refractivity contribution is 9.10. The van der Waals surface area contributed by atoms with E-state index >= 15 is 0 Å². The van der Waals surface area contributed by atoms with Crippen molar-refractivity contribution in [2.24, 2.45) is 5.73 Å². The number of halogens is 1. The third kappa shape index (κ3) is 4.32. The minimum Gasteiger partial charge on any atom is -0.384 e. The van der Waals surface area contributed by atoms with Crippen molar-refractivity contribution in [1.82, 2.24) is 0 Å². The zero-order valence-corrected chi connectivity index (χ0v) is 21.6. The summed E-state index contributed by atoms with van der Waals surface area (Å²) in [6.45, 7) is 1.83. The first-order valence-electron chi connectivity index (χ1n) is 11.8. The van der Waals surface area contributed by atoms with Crippen molar-refractivity contribution in [2.45, 2.75) is 31.6 Å². The number of nitrogens with zero attached hydrogens (tertiary/aromatic N) is 3. The molecule has 0 unspecified atom stereocenters. The van der Waals surface area contributed by atoms with Gasteiger partial charge in [0, 0.05) is 34.3 Å².